The van der Waals surface area contributed by atoms with Crippen LogP contribution in [0, 0.1) is 33.8 Å². The minimum Gasteiger partial charge on any atom is -0.317 e. The minimum absolute atomic E-state index is 0.0671. The highest BCUT2D eigenvalue weighted by molar-refractivity contribution is 6.07. The van der Waals surface area contributed by atoms with Gasteiger partial charge in [0.15, 0.2) is 0 Å². The van der Waals surface area contributed by atoms with Gasteiger partial charge in [-0.15, -0.1) is 0 Å². The van der Waals surface area contributed by atoms with E-state index in [1.165, 1.54) is 29.2 Å². The third-order valence-corrected chi connectivity index (χ3v) is 6.70. The topological polar surface area (TPSA) is 122 Å². The standard InChI is InChI=1S/C24H22N4O5/c29-22-20-15-9-10-16(12-15)21(20)23(30)27(22)19(11-14-5-2-1-3-6-14)26-24(31)25-17-7-4-8-18(13-17)28(32)33/h1-10,13,15-16,19-21H,11-12H2,(H2,25,26,31). The van der Waals surface area contributed by atoms with Crippen molar-refractivity contribution in [3.63, 3.8) is 0 Å². The van der Waals surface area contributed by atoms with Crippen LogP contribution in [0.5, 0.6) is 0 Å². The van der Waals surface area contributed by atoms with Gasteiger partial charge in [-0.1, -0.05) is 48.6 Å². The monoisotopic (exact) mass is 446 g/mol. The Hall–Kier alpha value is -4.01. The number of benzene rings is 2. The summed E-state index contributed by atoms with van der Waals surface area (Å²) in [6.07, 6.45) is 4.24. The van der Waals surface area contributed by atoms with E-state index in [-0.39, 0.29) is 53.3 Å². The number of anilines is 1. The van der Waals surface area contributed by atoms with E-state index in [1.807, 2.05) is 42.5 Å². The predicted octanol–water partition coefficient (Wildman–Crippen LogP) is 3.09. The molecule has 0 radical (unpaired) electrons. The third kappa shape index (κ3) is 3.75. The molecular formula is C24H22N4O5. The van der Waals surface area contributed by atoms with E-state index >= 15 is 0 Å². The van der Waals surface area contributed by atoms with Gasteiger partial charge in [-0.25, -0.2) is 4.79 Å². The van der Waals surface area contributed by atoms with Crippen molar-refractivity contribution in [2.45, 2.75) is 19.0 Å². The molecular weight excluding hydrogens is 424 g/mol. The van der Waals surface area contributed by atoms with Gasteiger partial charge in [0.2, 0.25) is 11.8 Å². The first kappa shape index (κ1) is 20.9. The number of nitro groups is 1. The number of nitrogens with one attached hydrogen (secondary N) is 2. The molecule has 2 fully saturated rings. The maximum atomic E-state index is 13.3. The van der Waals surface area contributed by atoms with Crippen molar-refractivity contribution in [2.24, 2.45) is 23.7 Å². The van der Waals surface area contributed by atoms with Crippen LogP contribution in [0.3, 0.4) is 0 Å². The van der Waals surface area contributed by atoms with E-state index in [1.54, 1.807) is 0 Å². The van der Waals surface area contributed by atoms with Crippen molar-refractivity contribution in [2.75, 3.05) is 5.32 Å². The van der Waals surface area contributed by atoms with Crippen LogP contribution in [-0.4, -0.2) is 33.8 Å². The van der Waals surface area contributed by atoms with Crippen LogP contribution < -0.4 is 10.6 Å². The smallest absolute Gasteiger partial charge is 0.317 e. The molecule has 5 rings (SSSR count). The van der Waals surface area contributed by atoms with E-state index in [2.05, 4.69) is 10.6 Å². The number of fused-ring (bicyclic) bond motifs is 5. The summed E-state index contributed by atoms with van der Waals surface area (Å²) < 4.78 is 0. The van der Waals surface area contributed by atoms with Gasteiger partial charge in [0.05, 0.1) is 16.8 Å². The number of amides is 4. The molecule has 0 spiro atoms. The Morgan fingerprint density at radius 1 is 1.03 bits per heavy atom. The molecule has 2 aromatic rings. The van der Waals surface area contributed by atoms with Gasteiger partial charge in [-0.05, 0) is 29.9 Å². The molecule has 168 valence electrons. The Bertz CT molecular complexity index is 1130. The quantitative estimate of drug-likeness (QED) is 0.306. The summed E-state index contributed by atoms with van der Waals surface area (Å²) in [6, 6.07) is 14.2. The Kier molecular flexibility index (Phi) is 5.16. The van der Waals surface area contributed by atoms with Crippen molar-refractivity contribution in [3.8, 4) is 0 Å². The molecule has 1 saturated heterocycles. The number of urea groups is 1. The van der Waals surface area contributed by atoms with Crippen LogP contribution in [0.1, 0.15) is 12.0 Å². The number of nitrogens with zero attached hydrogens (tertiary/aromatic N) is 2. The second-order valence-electron chi connectivity index (χ2n) is 8.66. The van der Waals surface area contributed by atoms with Crippen LogP contribution in [0.25, 0.3) is 0 Å². The number of nitro benzene ring substituents is 1. The van der Waals surface area contributed by atoms with Crippen LogP contribution in [0.2, 0.25) is 0 Å². The maximum absolute atomic E-state index is 13.3. The zero-order valence-corrected chi connectivity index (χ0v) is 17.6. The third-order valence-electron chi connectivity index (χ3n) is 6.70. The summed E-state index contributed by atoms with van der Waals surface area (Å²) in [5.41, 5.74) is 0.935. The van der Waals surface area contributed by atoms with Crippen molar-refractivity contribution >= 4 is 29.2 Å². The highest BCUT2D eigenvalue weighted by Gasteiger charge is 2.60. The number of hydrogen-bond acceptors (Lipinski definition) is 5. The molecule has 5 unspecified atom stereocenters. The van der Waals surface area contributed by atoms with E-state index in [0.717, 1.165) is 12.0 Å². The molecule has 3 aliphatic rings. The number of imide groups is 1. The van der Waals surface area contributed by atoms with Gasteiger partial charge in [-0.2, -0.15) is 0 Å². The van der Waals surface area contributed by atoms with Gasteiger partial charge in [0, 0.05) is 24.2 Å². The molecule has 2 aromatic carbocycles. The lowest BCUT2D eigenvalue weighted by atomic mass is 9.85. The van der Waals surface area contributed by atoms with Gasteiger partial charge >= 0.3 is 6.03 Å². The Labute approximate surface area is 189 Å². The van der Waals surface area contributed by atoms with Crippen molar-refractivity contribution < 1.29 is 19.3 Å². The molecule has 2 N–H and O–H groups in total. The number of allylic oxidation sites excluding steroid dienone is 2. The van der Waals surface area contributed by atoms with Crippen LogP contribution in [-0.2, 0) is 16.0 Å². The lowest BCUT2D eigenvalue weighted by Crippen LogP contribution is -2.53. The molecule has 33 heavy (non-hydrogen) atoms. The Morgan fingerprint density at radius 3 is 2.33 bits per heavy atom. The highest BCUT2D eigenvalue weighted by Crippen LogP contribution is 2.52. The molecule has 0 aromatic heterocycles. The van der Waals surface area contributed by atoms with Crippen molar-refractivity contribution in [3.05, 3.63) is 82.4 Å². The molecule has 9 nitrogen and oxygen atoms in total. The molecule has 1 saturated carbocycles. The minimum atomic E-state index is -0.879. The van der Waals surface area contributed by atoms with E-state index in [9.17, 15) is 24.5 Å². The number of likely N-dealkylation sites (tertiary alicyclic amines) is 1. The van der Waals surface area contributed by atoms with Gasteiger partial charge in [0.25, 0.3) is 5.69 Å². The first-order chi connectivity index (χ1) is 15.9. The molecule has 2 bridgehead atoms. The lowest BCUT2D eigenvalue weighted by Gasteiger charge is -2.29. The van der Waals surface area contributed by atoms with Crippen molar-refractivity contribution in [1.29, 1.82) is 0 Å². The highest BCUT2D eigenvalue weighted by atomic mass is 16.6. The number of rotatable bonds is 6. The number of carbonyl (C=O) groups excluding carboxylic acids is 3. The molecule has 9 heteroatoms. The summed E-state index contributed by atoms with van der Waals surface area (Å²) in [4.78, 5) is 51.1. The summed E-state index contributed by atoms with van der Waals surface area (Å²) in [6.45, 7) is 0. The Balaban J connectivity index is 1.38. The van der Waals surface area contributed by atoms with Crippen LogP contribution in [0.15, 0.2) is 66.7 Å². The predicted molar refractivity (Wildman–Crippen MR) is 119 cm³/mol. The average molecular weight is 446 g/mol. The van der Waals surface area contributed by atoms with Crippen LogP contribution >= 0.6 is 0 Å². The number of hydrogen-bond donors (Lipinski definition) is 2. The first-order valence-corrected chi connectivity index (χ1v) is 10.8. The van der Waals surface area contributed by atoms with Gasteiger partial charge < -0.3 is 10.6 Å². The van der Waals surface area contributed by atoms with E-state index in [0.29, 0.717) is 0 Å². The molecule has 1 aliphatic heterocycles. The fourth-order valence-electron chi connectivity index (χ4n) is 5.29. The zero-order chi connectivity index (χ0) is 23.1. The van der Waals surface area contributed by atoms with Crippen molar-refractivity contribution in [1.82, 2.24) is 10.2 Å². The zero-order valence-electron chi connectivity index (χ0n) is 17.6. The van der Waals surface area contributed by atoms with Crippen LogP contribution in [0.4, 0.5) is 16.2 Å². The molecule has 2 aliphatic carbocycles. The summed E-state index contributed by atoms with van der Waals surface area (Å²) in [5, 5.41) is 16.3. The molecule has 5 atom stereocenters. The first-order valence-electron chi connectivity index (χ1n) is 10.8. The second kappa shape index (κ2) is 8.16. The largest absolute Gasteiger partial charge is 0.320 e. The number of carbonyl (C=O) groups is 3. The van der Waals surface area contributed by atoms with Gasteiger partial charge in [-0.3, -0.25) is 24.6 Å². The molecule has 4 amide bonds. The van der Waals surface area contributed by atoms with E-state index in [4.69, 9.17) is 0 Å². The van der Waals surface area contributed by atoms with E-state index < -0.39 is 17.1 Å². The fraction of sp³-hybridized carbons (Fsp3) is 0.292. The summed E-state index contributed by atoms with van der Waals surface area (Å²) in [7, 11) is 0. The summed E-state index contributed by atoms with van der Waals surface area (Å²) in [5.74, 6) is -1.10. The lowest BCUT2D eigenvalue weighted by molar-refractivity contribution is -0.384. The second-order valence-corrected chi connectivity index (χ2v) is 8.66. The average Bonchev–Trinajstić information content (AvgIpc) is 3.48. The van der Waals surface area contributed by atoms with Gasteiger partial charge in [0.1, 0.15) is 6.17 Å². The normalized spacial score (nSPS) is 25.8. The maximum Gasteiger partial charge on any atom is 0.320 e. The summed E-state index contributed by atoms with van der Waals surface area (Å²) >= 11 is 0. The Morgan fingerprint density at radius 2 is 1.70 bits per heavy atom. The SMILES string of the molecule is O=C(Nc1cccc([N+](=O)[O-])c1)NC(Cc1ccccc1)N1C(=O)C2C3C=CC(C3)C2C1=O. The fourth-order valence-corrected chi connectivity index (χ4v) is 5.29. The molecule has 1 heterocycles. The number of non-ortho nitro benzene ring substituents is 1.